The summed E-state index contributed by atoms with van der Waals surface area (Å²) in [5.41, 5.74) is 0.256. The van der Waals surface area contributed by atoms with Gasteiger partial charge in [0.15, 0.2) is 0 Å². The van der Waals surface area contributed by atoms with Gasteiger partial charge in [-0.2, -0.15) is 0 Å². The number of halogens is 1. The van der Waals surface area contributed by atoms with E-state index in [0.29, 0.717) is 12.3 Å². The van der Waals surface area contributed by atoms with Crippen molar-refractivity contribution in [3.8, 4) is 0 Å². The monoisotopic (exact) mass is 204 g/mol. The van der Waals surface area contributed by atoms with Gasteiger partial charge in [-0.05, 0) is 28.3 Å². The maximum Gasteiger partial charge on any atom is 0.221 e. The first kappa shape index (κ1) is 13.0. The zero-order chi connectivity index (χ0) is 10.9. The van der Waals surface area contributed by atoms with Crippen molar-refractivity contribution in [2.45, 2.75) is 48.0 Å². The minimum atomic E-state index is -0.227. The minimum absolute atomic E-state index is 0.128. The molecule has 0 spiro atoms. The number of carbonyl (C=O) groups excluding carboxylic acids is 1. The van der Waals surface area contributed by atoms with Crippen molar-refractivity contribution in [3.63, 3.8) is 0 Å². The summed E-state index contributed by atoms with van der Waals surface area (Å²) in [5.74, 6) is 0.324. The Morgan fingerprint density at radius 1 is 1.08 bits per heavy atom. The summed E-state index contributed by atoms with van der Waals surface area (Å²) in [4.78, 5) is 10.9. The number of hydrogen-bond acceptors (Lipinski definition) is 1. The minimum Gasteiger partial charge on any atom is -0.281 e. The molecule has 0 rings (SSSR count). The Labute approximate surface area is 86.9 Å². The highest BCUT2D eigenvalue weighted by molar-refractivity contribution is 6.63. The Kier molecular flexibility index (Phi) is 3.98. The van der Waals surface area contributed by atoms with Crippen LogP contribution in [0.1, 0.15) is 48.0 Å². The second-order valence-electron chi connectivity index (χ2n) is 5.84. The molecule has 0 aromatic heterocycles. The fraction of sp³-hybridized carbons (Fsp3) is 0.909. The lowest BCUT2D eigenvalue weighted by atomic mass is 9.65. The number of carbonyl (C=O) groups is 1. The third kappa shape index (κ3) is 4.66. The Hall–Kier alpha value is -0.0400. The van der Waals surface area contributed by atoms with Crippen LogP contribution in [0.15, 0.2) is 0 Å². The normalized spacial score (nSPS) is 13.5. The van der Waals surface area contributed by atoms with E-state index in [0.717, 1.165) is 0 Å². The van der Waals surface area contributed by atoms with Crippen LogP contribution in [0.3, 0.4) is 0 Å². The lowest BCUT2D eigenvalue weighted by molar-refractivity contribution is -0.114. The first-order chi connectivity index (χ1) is 5.55. The second-order valence-corrected chi connectivity index (χ2v) is 6.27. The molecule has 0 saturated carbocycles. The standard InChI is InChI=1S/C11H21ClO/c1-10(2,3)8(7-9(12)13)11(4,5)6/h8H,7H2,1-6H3. The predicted molar refractivity (Wildman–Crippen MR) is 57.9 cm³/mol. The summed E-state index contributed by atoms with van der Waals surface area (Å²) in [7, 11) is 0. The van der Waals surface area contributed by atoms with Crippen LogP contribution < -0.4 is 0 Å². The van der Waals surface area contributed by atoms with Crippen molar-refractivity contribution in [1.82, 2.24) is 0 Å². The van der Waals surface area contributed by atoms with Crippen LogP contribution in [0.2, 0.25) is 0 Å². The molecule has 0 aromatic rings. The molecule has 0 aromatic carbocycles. The maximum atomic E-state index is 10.9. The number of rotatable bonds is 2. The van der Waals surface area contributed by atoms with Crippen LogP contribution in [0, 0.1) is 16.7 Å². The van der Waals surface area contributed by atoms with Crippen LogP contribution in [-0.4, -0.2) is 5.24 Å². The summed E-state index contributed by atoms with van der Waals surface area (Å²) in [6, 6.07) is 0. The van der Waals surface area contributed by atoms with Gasteiger partial charge in [-0.15, -0.1) is 0 Å². The zero-order valence-electron chi connectivity index (χ0n) is 9.57. The molecule has 1 nitrogen and oxygen atoms in total. The van der Waals surface area contributed by atoms with Crippen LogP contribution >= 0.6 is 11.6 Å². The molecule has 0 N–H and O–H groups in total. The molecule has 13 heavy (non-hydrogen) atoms. The van der Waals surface area contributed by atoms with Gasteiger partial charge in [-0.3, -0.25) is 4.79 Å². The third-order valence-electron chi connectivity index (χ3n) is 2.46. The van der Waals surface area contributed by atoms with Crippen LogP contribution in [0.5, 0.6) is 0 Å². The van der Waals surface area contributed by atoms with Gasteiger partial charge < -0.3 is 0 Å². The quantitative estimate of drug-likeness (QED) is 0.625. The molecule has 78 valence electrons. The molecule has 0 radical (unpaired) electrons. The van der Waals surface area contributed by atoms with Crippen LogP contribution in [-0.2, 0) is 4.79 Å². The lowest BCUT2D eigenvalue weighted by Crippen LogP contribution is -2.33. The van der Waals surface area contributed by atoms with Crippen molar-refractivity contribution >= 4 is 16.8 Å². The molecule has 0 aliphatic rings. The van der Waals surface area contributed by atoms with Crippen molar-refractivity contribution in [3.05, 3.63) is 0 Å². The molecule has 0 atom stereocenters. The molecule has 0 aliphatic heterocycles. The highest BCUT2D eigenvalue weighted by atomic mass is 35.5. The SMILES string of the molecule is CC(C)(C)C(CC(=O)Cl)C(C)(C)C. The molecule has 0 fully saturated rings. The van der Waals surface area contributed by atoms with E-state index in [1.54, 1.807) is 0 Å². The third-order valence-corrected chi connectivity index (χ3v) is 2.61. The van der Waals surface area contributed by atoms with Crippen LogP contribution in [0.25, 0.3) is 0 Å². The highest BCUT2D eigenvalue weighted by Crippen LogP contribution is 2.42. The summed E-state index contributed by atoms with van der Waals surface area (Å²) < 4.78 is 0. The van der Waals surface area contributed by atoms with E-state index < -0.39 is 0 Å². The van der Waals surface area contributed by atoms with Gasteiger partial charge in [0, 0.05) is 6.42 Å². The first-order valence-corrected chi connectivity index (χ1v) is 5.11. The molecular weight excluding hydrogens is 184 g/mol. The Morgan fingerprint density at radius 2 is 1.38 bits per heavy atom. The topological polar surface area (TPSA) is 17.1 Å². The van der Waals surface area contributed by atoms with Crippen molar-refractivity contribution in [1.29, 1.82) is 0 Å². The Bertz CT molecular complexity index is 169. The van der Waals surface area contributed by atoms with Crippen molar-refractivity contribution in [2.24, 2.45) is 16.7 Å². The fourth-order valence-electron chi connectivity index (χ4n) is 2.07. The lowest BCUT2D eigenvalue weighted by Gasteiger charge is -2.40. The first-order valence-electron chi connectivity index (χ1n) is 4.73. The van der Waals surface area contributed by atoms with Crippen molar-refractivity contribution < 1.29 is 4.79 Å². The Morgan fingerprint density at radius 3 is 1.46 bits per heavy atom. The molecule has 0 aliphatic carbocycles. The van der Waals surface area contributed by atoms with E-state index in [1.807, 2.05) is 0 Å². The summed E-state index contributed by atoms with van der Waals surface area (Å²) >= 11 is 5.45. The van der Waals surface area contributed by atoms with Crippen molar-refractivity contribution in [2.75, 3.05) is 0 Å². The summed E-state index contributed by atoms with van der Waals surface area (Å²) in [5, 5.41) is -0.227. The van der Waals surface area contributed by atoms with E-state index in [1.165, 1.54) is 0 Å². The van der Waals surface area contributed by atoms with E-state index in [4.69, 9.17) is 11.6 Å². The predicted octanol–water partition coefficient (Wildman–Crippen LogP) is 3.85. The molecule has 0 unspecified atom stereocenters. The molecule has 0 saturated heterocycles. The van der Waals surface area contributed by atoms with E-state index in [-0.39, 0.29) is 16.1 Å². The van der Waals surface area contributed by atoms with Gasteiger partial charge in [-0.25, -0.2) is 0 Å². The molecule has 0 bridgehead atoms. The smallest absolute Gasteiger partial charge is 0.221 e. The van der Waals surface area contributed by atoms with E-state index in [2.05, 4.69) is 41.5 Å². The van der Waals surface area contributed by atoms with E-state index >= 15 is 0 Å². The molecule has 2 heteroatoms. The Balaban J connectivity index is 4.68. The highest BCUT2D eigenvalue weighted by Gasteiger charge is 2.35. The summed E-state index contributed by atoms with van der Waals surface area (Å²) in [6.07, 6.45) is 0.467. The van der Waals surface area contributed by atoms with Crippen LogP contribution in [0.4, 0.5) is 0 Å². The van der Waals surface area contributed by atoms with E-state index in [9.17, 15) is 4.79 Å². The van der Waals surface area contributed by atoms with Gasteiger partial charge in [0.25, 0.3) is 0 Å². The average Bonchev–Trinajstić information content (AvgIpc) is 1.77. The molecule has 0 amide bonds. The van der Waals surface area contributed by atoms with Gasteiger partial charge in [0.05, 0.1) is 0 Å². The van der Waals surface area contributed by atoms with Gasteiger partial charge in [-0.1, -0.05) is 41.5 Å². The molecule has 0 heterocycles. The molecular formula is C11H21ClO. The van der Waals surface area contributed by atoms with Gasteiger partial charge in [0.2, 0.25) is 5.24 Å². The number of hydrogen-bond donors (Lipinski definition) is 0. The summed E-state index contributed by atoms with van der Waals surface area (Å²) in [6.45, 7) is 12.9. The zero-order valence-corrected chi connectivity index (χ0v) is 10.3. The average molecular weight is 205 g/mol. The maximum absolute atomic E-state index is 10.9. The van der Waals surface area contributed by atoms with Gasteiger partial charge in [0.1, 0.15) is 0 Å². The van der Waals surface area contributed by atoms with Gasteiger partial charge >= 0.3 is 0 Å². The second kappa shape index (κ2) is 4.00. The largest absolute Gasteiger partial charge is 0.281 e. The fourth-order valence-corrected chi connectivity index (χ4v) is 2.23.